The molecule has 0 radical (unpaired) electrons. The predicted octanol–water partition coefficient (Wildman–Crippen LogP) is 3.84. The maximum Gasteiger partial charge on any atom is 0.288 e. The summed E-state index contributed by atoms with van der Waals surface area (Å²) in [5, 5.41) is 10.2. The van der Waals surface area contributed by atoms with E-state index >= 15 is 0 Å². The summed E-state index contributed by atoms with van der Waals surface area (Å²) in [5.41, 5.74) is 2.06. The second-order valence-electron chi connectivity index (χ2n) is 11.9. The second-order valence-corrected chi connectivity index (χ2v) is 14.3. The van der Waals surface area contributed by atoms with E-state index in [1.54, 1.807) is 29.2 Å². The number of hydrogen-bond donors (Lipinski definition) is 1. The lowest BCUT2D eigenvalue weighted by Gasteiger charge is -2.37. The van der Waals surface area contributed by atoms with Crippen LogP contribution >= 0.6 is 11.6 Å². The lowest BCUT2D eigenvalue weighted by Crippen LogP contribution is -2.49. The lowest BCUT2D eigenvalue weighted by molar-refractivity contribution is -0.154. The van der Waals surface area contributed by atoms with E-state index in [1.165, 1.54) is 23.5 Å². The number of rotatable bonds is 13. The SMILES string of the molecule is COc1ccc(S(=O)(=O)N(CCO)CCO[C@@H]2C[C@H](c3ccc(Cl)cc3)C=C(C(=O)N3CCN(Cc4ccc5c(c4)OCO5)CC3)O2)cc1. The fraction of sp³-hybridized carbons (Fsp3) is 0.400. The van der Waals surface area contributed by atoms with Gasteiger partial charge in [-0.15, -0.1) is 0 Å². The van der Waals surface area contributed by atoms with Gasteiger partial charge >= 0.3 is 0 Å². The number of nitrogens with zero attached hydrogens (tertiary/aromatic N) is 3. The molecule has 0 saturated carbocycles. The van der Waals surface area contributed by atoms with Crippen LogP contribution in [0.5, 0.6) is 17.2 Å². The average molecular weight is 714 g/mol. The Bertz CT molecular complexity index is 1730. The van der Waals surface area contributed by atoms with Crippen LogP contribution in [0.1, 0.15) is 23.5 Å². The van der Waals surface area contributed by atoms with E-state index in [1.807, 2.05) is 36.4 Å². The number of carbonyl (C=O) groups excluding carboxylic acids is 1. The van der Waals surface area contributed by atoms with Crippen molar-refractivity contribution in [3.63, 3.8) is 0 Å². The highest BCUT2D eigenvalue weighted by molar-refractivity contribution is 7.89. The first-order valence-corrected chi connectivity index (χ1v) is 18.0. The highest BCUT2D eigenvalue weighted by Gasteiger charge is 2.33. The van der Waals surface area contributed by atoms with Crippen molar-refractivity contribution in [2.24, 2.45) is 0 Å². The highest BCUT2D eigenvalue weighted by Crippen LogP contribution is 2.34. The standard InChI is InChI=1S/C35H40ClN3O9S/c1-44-29-7-9-30(10-8-29)49(42,43)39(16-18-40)17-19-45-34-22-27(26-3-5-28(36)6-4-26)21-33(48-34)35(41)38-14-12-37(13-15-38)23-25-2-11-31-32(20-25)47-24-46-31/h2-11,20-21,27,34,40H,12-19,22-24H2,1H3/t27-,34+/m1/s1. The van der Waals surface area contributed by atoms with Gasteiger partial charge in [-0.25, -0.2) is 8.42 Å². The molecule has 0 aliphatic carbocycles. The monoisotopic (exact) mass is 713 g/mol. The van der Waals surface area contributed by atoms with E-state index in [9.17, 15) is 18.3 Å². The zero-order valence-electron chi connectivity index (χ0n) is 27.2. The average Bonchev–Trinajstić information content (AvgIpc) is 3.59. The van der Waals surface area contributed by atoms with Gasteiger partial charge in [0.2, 0.25) is 23.1 Å². The van der Waals surface area contributed by atoms with E-state index in [-0.39, 0.29) is 55.6 Å². The van der Waals surface area contributed by atoms with Crippen molar-refractivity contribution < 1.29 is 42.0 Å². The summed E-state index contributed by atoms with van der Waals surface area (Å²) >= 11 is 6.15. The lowest BCUT2D eigenvalue weighted by atomic mass is 9.93. The minimum absolute atomic E-state index is 0.0204. The normalized spacial score (nSPS) is 19.4. The number of sulfonamides is 1. The third-order valence-electron chi connectivity index (χ3n) is 8.76. The molecular weight excluding hydrogens is 674 g/mol. The summed E-state index contributed by atoms with van der Waals surface area (Å²) < 4.78 is 56.2. The molecule has 3 aliphatic rings. The molecule has 3 heterocycles. The zero-order valence-corrected chi connectivity index (χ0v) is 28.8. The summed E-state index contributed by atoms with van der Waals surface area (Å²) in [4.78, 5) is 18.0. The molecule has 3 aromatic carbocycles. The summed E-state index contributed by atoms with van der Waals surface area (Å²) in [5.74, 6) is 1.80. The number of carbonyl (C=O) groups is 1. The molecule has 0 bridgehead atoms. The number of aliphatic hydroxyl groups is 1. The third kappa shape index (κ3) is 8.48. The Morgan fingerprint density at radius 3 is 2.43 bits per heavy atom. The number of piperazine rings is 1. The van der Waals surface area contributed by atoms with Crippen molar-refractivity contribution in [1.29, 1.82) is 0 Å². The molecule has 262 valence electrons. The first kappa shape index (κ1) is 35.0. The maximum absolute atomic E-state index is 13.8. The molecule has 1 saturated heterocycles. The van der Waals surface area contributed by atoms with Crippen molar-refractivity contribution >= 4 is 27.5 Å². The van der Waals surface area contributed by atoms with Crippen LogP contribution in [-0.2, 0) is 30.8 Å². The Morgan fingerprint density at radius 2 is 1.71 bits per heavy atom. The van der Waals surface area contributed by atoms with Gasteiger partial charge in [-0.05, 0) is 65.7 Å². The van der Waals surface area contributed by atoms with Crippen molar-refractivity contribution in [3.8, 4) is 17.2 Å². The van der Waals surface area contributed by atoms with Crippen LogP contribution in [0.25, 0.3) is 0 Å². The molecule has 3 aliphatic heterocycles. The van der Waals surface area contributed by atoms with Crippen molar-refractivity contribution in [2.75, 3.05) is 66.4 Å². The number of halogens is 1. The fourth-order valence-electron chi connectivity index (χ4n) is 6.06. The number of amides is 1. The number of allylic oxidation sites excluding steroid dienone is 1. The smallest absolute Gasteiger partial charge is 0.288 e. The molecule has 12 nitrogen and oxygen atoms in total. The molecule has 0 unspecified atom stereocenters. The van der Waals surface area contributed by atoms with Gasteiger partial charge in [-0.3, -0.25) is 9.69 Å². The Labute approximate surface area is 291 Å². The number of ether oxygens (including phenoxy) is 5. The topological polar surface area (TPSA) is 127 Å². The molecule has 1 amide bonds. The molecule has 0 aromatic heterocycles. The number of hydrogen-bond acceptors (Lipinski definition) is 10. The number of fused-ring (bicyclic) bond motifs is 1. The van der Waals surface area contributed by atoms with Crippen LogP contribution in [0.2, 0.25) is 5.02 Å². The first-order chi connectivity index (χ1) is 23.7. The Morgan fingerprint density at radius 1 is 0.980 bits per heavy atom. The van der Waals surface area contributed by atoms with Gasteiger partial charge in [-0.2, -0.15) is 4.31 Å². The van der Waals surface area contributed by atoms with Crippen LogP contribution < -0.4 is 14.2 Å². The predicted molar refractivity (Wildman–Crippen MR) is 181 cm³/mol. The minimum atomic E-state index is -3.92. The van der Waals surface area contributed by atoms with Gasteiger partial charge in [0, 0.05) is 63.2 Å². The molecule has 0 spiro atoms. The number of benzene rings is 3. The van der Waals surface area contributed by atoms with Gasteiger partial charge < -0.3 is 33.7 Å². The van der Waals surface area contributed by atoms with Gasteiger partial charge in [0.1, 0.15) is 5.75 Å². The van der Waals surface area contributed by atoms with Crippen molar-refractivity contribution in [2.45, 2.75) is 30.1 Å². The molecule has 14 heteroatoms. The van der Waals surface area contributed by atoms with E-state index in [0.29, 0.717) is 43.4 Å². The Hall–Kier alpha value is -3.85. The summed E-state index contributed by atoms with van der Waals surface area (Å²) in [6.45, 7) is 2.88. The molecule has 6 rings (SSSR count). The van der Waals surface area contributed by atoms with E-state index < -0.39 is 16.3 Å². The number of aliphatic hydroxyl groups excluding tert-OH is 1. The Balaban J connectivity index is 1.09. The van der Waals surface area contributed by atoms with Gasteiger partial charge in [0.15, 0.2) is 17.3 Å². The van der Waals surface area contributed by atoms with Crippen LogP contribution in [0.4, 0.5) is 0 Å². The summed E-state index contributed by atoms with van der Waals surface area (Å²) in [6.07, 6.45) is 1.43. The summed E-state index contributed by atoms with van der Waals surface area (Å²) in [7, 11) is -2.42. The summed E-state index contributed by atoms with van der Waals surface area (Å²) in [6, 6.07) is 19.4. The maximum atomic E-state index is 13.8. The van der Waals surface area contributed by atoms with Crippen LogP contribution in [-0.4, -0.2) is 106 Å². The zero-order chi connectivity index (χ0) is 34.4. The van der Waals surface area contributed by atoms with E-state index in [2.05, 4.69) is 4.90 Å². The number of methoxy groups -OCH3 is 1. The van der Waals surface area contributed by atoms with Crippen LogP contribution in [0, 0.1) is 0 Å². The molecule has 49 heavy (non-hydrogen) atoms. The quantitative estimate of drug-likeness (QED) is 0.279. The highest BCUT2D eigenvalue weighted by atomic mass is 35.5. The second kappa shape index (κ2) is 15.8. The first-order valence-electron chi connectivity index (χ1n) is 16.1. The van der Waals surface area contributed by atoms with Crippen LogP contribution in [0.3, 0.4) is 0 Å². The van der Waals surface area contributed by atoms with Gasteiger partial charge in [0.05, 0.1) is 25.2 Å². The largest absolute Gasteiger partial charge is 0.497 e. The molecular formula is C35H40ClN3O9S. The van der Waals surface area contributed by atoms with Crippen molar-refractivity contribution in [1.82, 2.24) is 14.1 Å². The van der Waals surface area contributed by atoms with E-state index in [0.717, 1.165) is 29.2 Å². The van der Waals surface area contributed by atoms with E-state index in [4.69, 9.17) is 35.3 Å². The molecule has 3 aromatic rings. The van der Waals surface area contributed by atoms with Crippen LogP contribution in [0.15, 0.2) is 83.5 Å². The Kier molecular flexibility index (Phi) is 11.3. The minimum Gasteiger partial charge on any atom is -0.497 e. The van der Waals surface area contributed by atoms with Gasteiger partial charge in [-0.1, -0.05) is 29.8 Å². The molecule has 1 N–H and O–H groups in total. The molecule has 2 atom stereocenters. The molecule has 1 fully saturated rings. The fourth-order valence-corrected chi connectivity index (χ4v) is 7.60. The third-order valence-corrected chi connectivity index (χ3v) is 10.9. The van der Waals surface area contributed by atoms with Gasteiger partial charge in [0.25, 0.3) is 5.91 Å². The van der Waals surface area contributed by atoms with Crippen molar-refractivity contribution in [3.05, 3.63) is 94.7 Å².